The minimum atomic E-state index is -4.24. The normalized spacial score (nSPS) is 26.0. The van der Waals surface area contributed by atoms with E-state index in [0.717, 1.165) is 18.7 Å². The molecule has 1 aliphatic rings. The van der Waals surface area contributed by atoms with Crippen LogP contribution in [0.4, 0.5) is 13.2 Å². The minimum absolute atomic E-state index is 0.335. The van der Waals surface area contributed by atoms with E-state index in [0.29, 0.717) is 11.8 Å². The molecule has 2 unspecified atom stereocenters. The van der Waals surface area contributed by atoms with Crippen molar-refractivity contribution in [2.24, 2.45) is 5.92 Å². The van der Waals surface area contributed by atoms with Gasteiger partial charge in [-0.1, -0.05) is 19.1 Å². The Bertz CT molecular complexity index is 356. The van der Waals surface area contributed by atoms with Gasteiger partial charge in [-0.2, -0.15) is 13.2 Å². The molecule has 0 aromatic heterocycles. The number of nitrogens with one attached hydrogen (secondary N) is 1. The number of benzene rings is 1. The van der Waals surface area contributed by atoms with Gasteiger partial charge >= 0.3 is 6.18 Å². The molecule has 0 amide bonds. The summed E-state index contributed by atoms with van der Waals surface area (Å²) in [5.41, 5.74) is 0.417. The van der Waals surface area contributed by atoms with E-state index in [1.54, 1.807) is 12.1 Å². The first kappa shape index (κ1) is 11.5. The number of rotatable bonds is 1. The predicted octanol–water partition coefficient (Wildman–Crippen LogP) is 3.03. The van der Waals surface area contributed by atoms with Crippen molar-refractivity contribution in [3.63, 3.8) is 0 Å². The lowest BCUT2D eigenvalue weighted by Gasteiger charge is -2.15. The summed E-state index contributed by atoms with van der Waals surface area (Å²) in [6.45, 7) is 3.90. The van der Waals surface area contributed by atoms with Gasteiger partial charge in [-0.25, -0.2) is 0 Å². The second-order valence-electron chi connectivity index (χ2n) is 4.36. The van der Waals surface area contributed by atoms with Crippen LogP contribution in [0, 0.1) is 5.92 Å². The van der Waals surface area contributed by atoms with E-state index in [2.05, 4.69) is 12.2 Å². The van der Waals surface area contributed by atoms with Crippen LogP contribution in [0.2, 0.25) is 0 Å². The molecule has 0 radical (unpaired) electrons. The van der Waals surface area contributed by atoms with Crippen molar-refractivity contribution in [1.29, 1.82) is 0 Å². The van der Waals surface area contributed by atoms with Crippen molar-refractivity contribution in [2.75, 3.05) is 13.1 Å². The third-order valence-corrected chi connectivity index (χ3v) is 3.18. The van der Waals surface area contributed by atoms with Gasteiger partial charge in [0.1, 0.15) is 0 Å². The monoisotopic (exact) mass is 229 g/mol. The SMILES string of the molecule is CC1CNCC1c1ccc(C(F)(F)F)cc1. The first-order valence-corrected chi connectivity index (χ1v) is 5.36. The second-order valence-corrected chi connectivity index (χ2v) is 4.36. The van der Waals surface area contributed by atoms with Crippen LogP contribution in [0.3, 0.4) is 0 Å². The lowest BCUT2D eigenvalue weighted by Crippen LogP contribution is -2.09. The Kier molecular flexibility index (Phi) is 2.93. The van der Waals surface area contributed by atoms with E-state index in [1.165, 1.54) is 12.1 Å². The van der Waals surface area contributed by atoms with Crippen LogP contribution >= 0.6 is 0 Å². The molecule has 1 nitrogen and oxygen atoms in total. The smallest absolute Gasteiger partial charge is 0.316 e. The fourth-order valence-electron chi connectivity index (χ4n) is 2.18. The number of halogens is 3. The highest BCUT2D eigenvalue weighted by Crippen LogP contribution is 2.32. The van der Waals surface area contributed by atoms with Crippen LogP contribution in [-0.2, 0) is 6.18 Å². The molecule has 0 spiro atoms. The van der Waals surface area contributed by atoms with Crippen molar-refractivity contribution in [2.45, 2.75) is 19.0 Å². The van der Waals surface area contributed by atoms with Gasteiger partial charge in [0, 0.05) is 12.5 Å². The summed E-state index contributed by atoms with van der Waals surface area (Å²) in [7, 11) is 0. The highest BCUT2D eigenvalue weighted by molar-refractivity contribution is 5.28. The van der Waals surface area contributed by atoms with Gasteiger partial charge in [-0.3, -0.25) is 0 Å². The number of alkyl halides is 3. The molecule has 16 heavy (non-hydrogen) atoms. The highest BCUT2D eigenvalue weighted by atomic mass is 19.4. The summed E-state index contributed by atoms with van der Waals surface area (Å²) in [5, 5.41) is 3.24. The van der Waals surface area contributed by atoms with Crippen molar-refractivity contribution >= 4 is 0 Å². The third-order valence-electron chi connectivity index (χ3n) is 3.18. The Morgan fingerprint density at radius 2 is 1.75 bits per heavy atom. The zero-order valence-electron chi connectivity index (χ0n) is 9.01. The molecule has 1 N–H and O–H groups in total. The molecule has 88 valence electrons. The second kappa shape index (κ2) is 4.09. The van der Waals surface area contributed by atoms with E-state index < -0.39 is 11.7 Å². The van der Waals surface area contributed by atoms with Crippen molar-refractivity contribution in [3.8, 4) is 0 Å². The molecule has 2 rings (SSSR count). The molecular weight excluding hydrogens is 215 g/mol. The first-order chi connectivity index (χ1) is 7.48. The average Bonchev–Trinajstić information content (AvgIpc) is 2.63. The van der Waals surface area contributed by atoms with Gasteiger partial charge in [0.05, 0.1) is 5.56 Å². The maximum absolute atomic E-state index is 12.4. The van der Waals surface area contributed by atoms with Gasteiger partial charge in [-0.05, 0) is 30.2 Å². The van der Waals surface area contributed by atoms with Crippen molar-refractivity contribution in [1.82, 2.24) is 5.32 Å². The van der Waals surface area contributed by atoms with E-state index in [-0.39, 0.29) is 0 Å². The molecule has 1 aromatic carbocycles. The maximum atomic E-state index is 12.4. The molecule has 1 saturated heterocycles. The molecule has 1 fully saturated rings. The Hall–Kier alpha value is -1.03. The summed E-state index contributed by atoms with van der Waals surface area (Å²) >= 11 is 0. The predicted molar refractivity (Wildman–Crippen MR) is 56.2 cm³/mol. The summed E-state index contributed by atoms with van der Waals surface area (Å²) in [5.74, 6) is 0.819. The third kappa shape index (κ3) is 2.21. The van der Waals surface area contributed by atoms with Crippen LogP contribution < -0.4 is 5.32 Å². The van der Waals surface area contributed by atoms with E-state index in [9.17, 15) is 13.2 Å². The highest BCUT2D eigenvalue weighted by Gasteiger charge is 2.31. The zero-order chi connectivity index (χ0) is 11.8. The summed E-state index contributed by atoms with van der Waals surface area (Å²) in [6, 6.07) is 5.52. The number of hydrogen-bond donors (Lipinski definition) is 1. The molecule has 0 saturated carbocycles. The Morgan fingerprint density at radius 3 is 2.19 bits per heavy atom. The molecule has 0 bridgehead atoms. The Morgan fingerprint density at radius 1 is 1.12 bits per heavy atom. The molecule has 1 aliphatic heterocycles. The molecule has 1 aromatic rings. The van der Waals surface area contributed by atoms with Crippen LogP contribution in [-0.4, -0.2) is 13.1 Å². The fraction of sp³-hybridized carbons (Fsp3) is 0.500. The molecular formula is C12H14F3N. The first-order valence-electron chi connectivity index (χ1n) is 5.36. The van der Waals surface area contributed by atoms with Gasteiger partial charge < -0.3 is 5.32 Å². The standard InChI is InChI=1S/C12H14F3N/c1-8-6-16-7-11(8)9-2-4-10(5-3-9)12(13,14)15/h2-5,8,11,16H,6-7H2,1H3. The van der Waals surface area contributed by atoms with E-state index >= 15 is 0 Å². The van der Waals surface area contributed by atoms with E-state index in [1.807, 2.05) is 0 Å². The molecule has 1 heterocycles. The number of hydrogen-bond acceptors (Lipinski definition) is 1. The van der Waals surface area contributed by atoms with Crippen LogP contribution in [0.1, 0.15) is 24.0 Å². The lowest BCUT2D eigenvalue weighted by molar-refractivity contribution is -0.137. The molecule has 0 aliphatic carbocycles. The van der Waals surface area contributed by atoms with Crippen molar-refractivity contribution in [3.05, 3.63) is 35.4 Å². The maximum Gasteiger partial charge on any atom is 0.416 e. The largest absolute Gasteiger partial charge is 0.416 e. The fourth-order valence-corrected chi connectivity index (χ4v) is 2.18. The van der Waals surface area contributed by atoms with Gasteiger partial charge in [-0.15, -0.1) is 0 Å². The van der Waals surface area contributed by atoms with E-state index in [4.69, 9.17) is 0 Å². The topological polar surface area (TPSA) is 12.0 Å². The average molecular weight is 229 g/mol. The minimum Gasteiger partial charge on any atom is -0.316 e. The molecule has 2 atom stereocenters. The van der Waals surface area contributed by atoms with Crippen LogP contribution in [0.5, 0.6) is 0 Å². The molecule has 4 heteroatoms. The summed E-state index contributed by atoms with van der Waals surface area (Å²) < 4.78 is 37.1. The lowest BCUT2D eigenvalue weighted by atomic mass is 9.90. The van der Waals surface area contributed by atoms with Crippen LogP contribution in [0.15, 0.2) is 24.3 Å². The van der Waals surface area contributed by atoms with Gasteiger partial charge in [0.2, 0.25) is 0 Å². The van der Waals surface area contributed by atoms with Gasteiger partial charge in [0.25, 0.3) is 0 Å². The quantitative estimate of drug-likeness (QED) is 0.780. The Balaban J connectivity index is 2.19. The van der Waals surface area contributed by atoms with Crippen molar-refractivity contribution < 1.29 is 13.2 Å². The van der Waals surface area contributed by atoms with Gasteiger partial charge in [0.15, 0.2) is 0 Å². The Labute approximate surface area is 92.7 Å². The summed E-state index contributed by atoms with van der Waals surface area (Å²) in [4.78, 5) is 0. The zero-order valence-corrected chi connectivity index (χ0v) is 9.01. The summed E-state index contributed by atoms with van der Waals surface area (Å²) in [6.07, 6.45) is -4.24. The van der Waals surface area contributed by atoms with Crippen LogP contribution in [0.25, 0.3) is 0 Å².